The number of nitrogens with one attached hydrogen (secondary N) is 2. The van der Waals surface area contributed by atoms with Crippen LogP contribution in [0.1, 0.15) is 39.7 Å². The van der Waals surface area contributed by atoms with Crippen molar-refractivity contribution in [2.45, 2.75) is 45.6 Å². The lowest BCUT2D eigenvalue weighted by molar-refractivity contribution is 0.222. The number of anilines is 1. The Labute approximate surface area is 115 Å². The van der Waals surface area contributed by atoms with Crippen LogP contribution in [0.4, 0.5) is 10.5 Å². The number of hydrogen-bond donors (Lipinski definition) is 3. The highest BCUT2D eigenvalue weighted by atomic mass is 16.3. The lowest BCUT2D eigenvalue weighted by atomic mass is 9.87. The van der Waals surface area contributed by atoms with Crippen molar-refractivity contribution in [3.8, 4) is 0 Å². The number of aliphatic hydroxyl groups is 1. The van der Waals surface area contributed by atoms with E-state index in [9.17, 15) is 4.79 Å². The van der Waals surface area contributed by atoms with Crippen LogP contribution < -0.4 is 10.6 Å². The van der Waals surface area contributed by atoms with Crippen molar-refractivity contribution < 1.29 is 9.90 Å². The number of rotatable bonds is 4. The smallest absolute Gasteiger partial charge is 0.319 e. The van der Waals surface area contributed by atoms with E-state index in [1.165, 1.54) is 5.56 Å². The van der Waals surface area contributed by atoms with Crippen LogP contribution in [0.25, 0.3) is 0 Å². The fourth-order valence-electron chi connectivity index (χ4n) is 1.68. The summed E-state index contributed by atoms with van der Waals surface area (Å²) in [6, 6.07) is 7.32. The zero-order valence-electron chi connectivity index (χ0n) is 12.2. The molecule has 1 atom stereocenters. The van der Waals surface area contributed by atoms with Crippen molar-refractivity contribution in [3.05, 3.63) is 29.8 Å². The first-order valence-corrected chi connectivity index (χ1v) is 6.65. The topological polar surface area (TPSA) is 61.4 Å². The van der Waals surface area contributed by atoms with Crippen molar-refractivity contribution in [1.82, 2.24) is 5.32 Å². The normalized spacial score (nSPS) is 12.9. The van der Waals surface area contributed by atoms with Gasteiger partial charge < -0.3 is 15.7 Å². The van der Waals surface area contributed by atoms with E-state index in [1.54, 1.807) is 0 Å². The molecule has 0 spiro atoms. The summed E-state index contributed by atoms with van der Waals surface area (Å²) in [5, 5.41) is 14.5. The predicted molar refractivity (Wildman–Crippen MR) is 78.5 cm³/mol. The molecule has 4 nitrogen and oxygen atoms in total. The fraction of sp³-hybridized carbons (Fsp3) is 0.533. The molecular formula is C15H24N2O2. The Morgan fingerprint density at radius 2 is 1.84 bits per heavy atom. The van der Waals surface area contributed by atoms with Gasteiger partial charge in [-0.05, 0) is 29.5 Å². The zero-order valence-corrected chi connectivity index (χ0v) is 12.2. The second-order valence-corrected chi connectivity index (χ2v) is 5.71. The van der Waals surface area contributed by atoms with Gasteiger partial charge in [0.15, 0.2) is 0 Å². The molecule has 0 bridgehead atoms. The van der Waals surface area contributed by atoms with E-state index in [1.807, 2.05) is 31.2 Å². The summed E-state index contributed by atoms with van der Waals surface area (Å²) in [7, 11) is 0. The maximum Gasteiger partial charge on any atom is 0.319 e. The fourth-order valence-corrected chi connectivity index (χ4v) is 1.68. The molecule has 0 saturated heterocycles. The van der Waals surface area contributed by atoms with Gasteiger partial charge in [-0.25, -0.2) is 4.79 Å². The minimum atomic E-state index is -0.288. The molecule has 3 N–H and O–H groups in total. The molecule has 0 aliphatic rings. The molecule has 19 heavy (non-hydrogen) atoms. The molecule has 106 valence electrons. The summed E-state index contributed by atoms with van der Waals surface area (Å²) < 4.78 is 0. The number of urea groups is 1. The number of aliphatic hydroxyl groups excluding tert-OH is 1. The molecule has 0 heterocycles. The Bertz CT molecular complexity index is 403. The minimum absolute atomic E-state index is 0.0487. The van der Waals surface area contributed by atoms with Crippen LogP contribution in [0.3, 0.4) is 0 Å². The Kier molecular flexibility index (Phi) is 5.36. The van der Waals surface area contributed by atoms with Crippen molar-refractivity contribution in [2.24, 2.45) is 0 Å². The van der Waals surface area contributed by atoms with Gasteiger partial charge in [-0.2, -0.15) is 0 Å². The highest BCUT2D eigenvalue weighted by Crippen LogP contribution is 2.23. The molecule has 0 saturated carbocycles. The van der Waals surface area contributed by atoms with E-state index >= 15 is 0 Å². The van der Waals surface area contributed by atoms with E-state index in [4.69, 9.17) is 5.11 Å². The third-order valence-electron chi connectivity index (χ3n) is 3.06. The number of hydrogen-bond acceptors (Lipinski definition) is 2. The van der Waals surface area contributed by atoms with Gasteiger partial charge in [-0.3, -0.25) is 0 Å². The number of carbonyl (C=O) groups is 1. The summed E-state index contributed by atoms with van der Waals surface area (Å²) in [5.74, 6) is 0. The third-order valence-corrected chi connectivity index (χ3v) is 3.06. The monoisotopic (exact) mass is 264 g/mol. The molecule has 0 aliphatic heterocycles. The molecule has 4 heteroatoms. The SMILES string of the molecule is CC[C@H](CO)NC(=O)Nc1ccc(C(C)(C)C)cc1. The molecule has 0 aromatic heterocycles. The van der Waals surface area contributed by atoms with Crippen LogP contribution in [0, 0.1) is 0 Å². The summed E-state index contributed by atoms with van der Waals surface area (Å²) in [6.07, 6.45) is 0.701. The van der Waals surface area contributed by atoms with Gasteiger partial charge in [0, 0.05) is 5.69 Å². The molecule has 0 unspecified atom stereocenters. The van der Waals surface area contributed by atoms with Gasteiger partial charge in [-0.1, -0.05) is 39.8 Å². The van der Waals surface area contributed by atoms with Crippen LogP contribution in [0.15, 0.2) is 24.3 Å². The molecule has 1 aromatic rings. The molecule has 1 rings (SSSR count). The highest BCUT2D eigenvalue weighted by Gasteiger charge is 2.13. The largest absolute Gasteiger partial charge is 0.394 e. The molecule has 1 aromatic carbocycles. The standard InChI is InChI=1S/C15H24N2O2/c1-5-12(10-18)16-14(19)17-13-8-6-11(7-9-13)15(2,3)4/h6-9,12,18H,5,10H2,1-4H3,(H2,16,17,19)/t12-/m1/s1. The van der Waals surface area contributed by atoms with E-state index in [0.717, 1.165) is 5.69 Å². The van der Waals surface area contributed by atoms with E-state index in [0.29, 0.717) is 6.42 Å². The van der Waals surface area contributed by atoms with E-state index in [-0.39, 0.29) is 24.1 Å². The Balaban J connectivity index is 2.61. The summed E-state index contributed by atoms with van der Waals surface area (Å²) >= 11 is 0. The van der Waals surface area contributed by atoms with Crippen molar-refractivity contribution in [3.63, 3.8) is 0 Å². The van der Waals surface area contributed by atoms with Crippen LogP contribution in [0.2, 0.25) is 0 Å². The van der Waals surface area contributed by atoms with Crippen molar-refractivity contribution in [2.75, 3.05) is 11.9 Å². The molecular weight excluding hydrogens is 240 g/mol. The van der Waals surface area contributed by atoms with Gasteiger partial charge in [-0.15, -0.1) is 0 Å². The summed E-state index contributed by atoms with van der Waals surface area (Å²) in [6.45, 7) is 8.31. The first-order chi connectivity index (χ1) is 8.86. The Morgan fingerprint density at radius 1 is 1.26 bits per heavy atom. The van der Waals surface area contributed by atoms with E-state index < -0.39 is 0 Å². The first-order valence-electron chi connectivity index (χ1n) is 6.65. The lowest BCUT2D eigenvalue weighted by Crippen LogP contribution is -2.39. The average molecular weight is 264 g/mol. The maximum atomic E-state index is 11.7. The predicted octanol–water partition coefficient (Wildman–Crippen LogP) is 2.88. The van der Waals surface area contributed by atoms with Crippen LogP contribution in [0.5, 0.6) is 0 Å². The van der Waals surface area contributed by atoms with Crippen LogP contribution >= 0.6 is 0 Å². The van der Waals surface area contributed by atoms with Gasteiger partial charge in [0.05, 0.1) is 12.6 Å². The van der Waals surface area contributed by atoms with Crippen LogP contribution in [-0.2, 0) is 5.41 Å². The Hall–Kier alpha value is -1.55. The van der Waals surface area contributed by atoms with Gasteiger partial charge >= 0.3 is 6.03 Å². The van der Waals surface area contributed by atoms with Crippen molar-refractivity contribution in [1.29, 1.82) is 0 Å². The summed E-state index contributed by atoms with van der Waals surface area (Å²) in [5.41, 5.74) is 2.07. The number of amides is 2. The second kappa shape index (κ2) is 6.57. The number of carbonyl (C=O) groups excluding carboxylic acids is 1. The highest BCUT2D eigenvalue weighted by molar-refractivity contribution is 5.89. The maximum absolute atomic E-state index is 11.7. The molecule has 2 amide bonds. The minimum Gasteiger partial charge on any atom is -0.394 e. The molecule has 0 radical (unpaired) electrons. The lowest BCUT2D eigenvalue weighted by Gasteiger charge is -2.19. The van der Waals surface area contributed by atoms with Crippen LogP contribution in [-0.4, -0.2) is 23.8 Å². The quantitative estimate of drug-likeness (QED) is 0.783. The third kappa shape index (κ3) is 4.91. The van der Waals surface area contributed by atoms with Gasteiger partial charge in [0.2, 0.25) is 0 Å². The van der Waals surface area contributed by atoms with Crippen molar-refractivity contribution >= 4 is 11.7 Å². The second-order valence-electron chi connectivity index (χ2n) is 5.71. The first kappa shape index (κ1) is 15.5. The molecule has 0 aliphatic carbocycles. The van der Waals surface area contributed by atoms with Gasteiger partial charge in [0.1, 0.15) is 0 Å². The van der Waals surface area contributed by atoms with E-state index in [2.05, 4.69) is 31.4 Å². The molecule has 0 fully saturated rings. The Morgan fingerprint density at radius 3 is 2.26 bits per heavy atom. The zero-order chi connectivity index (χ0) is 14.5. The number of benzene rings is 1. The summed E-state index contributed by atoms with van der Waals surface area (Å²) in [4.78, 5) is 11.7. The average Bonchev–Trinajstić information content (AvgIpc) is 2.35. The van der Waals surface area contributed by atoms with Gasteiger partial charge in [0.25, 0.3) is 0 Å².